The standard InChI is InChI=1S/C19H19FN4O3S/c1-13-18(12-23-24(13)16-8-6-15(20)7-9-16)19(25)22-11-14-4-3-5-17(10-14)28(26,27)21-2/h3-10,12,21H,11H2,1-2H3,(H,22,25). The molecule has 0 aliphatic rings. The Labute approximate surface area is 162 Å². The molecule has 0 aliphatic heterocycles. The molecule has 1 heterocycles. The molecule has 9 heteroatoms. The number of halogens is 1. The average molecular weight is 402 g/mol. The largest absolute Gasteiger partial charge is 0.348 e. The van der Waals surface area contributed by atoms with Crippen LogP contribution in [0.3, 0.4) is 0 Å². The van der Waals surface area contributed by atoms with Crippen LogP contribution in [0.4, 0.5) is 4.39 Å². The van der Waals surface area contributed by atoms with E-state index in [-0.39, 0.29) is 23.2 Å². The average Bonchev–Trinajstić information content (AvgIpc) is 3.08. The third kappa shape index (κ3) is 4.10. The van der Waals surface area contributed by atoms with E-state index in [0.717, 1.165) is 0 Å². The van der Waals surface area contributed by atoms with Crippen molar-refractivity contribution in [2.24, 2.45) is 0 Å². The Hall–Kier alpha value is -3.04. The smallest absolute Gasteiger partial charge is 0.255 e. The molecule has 0 atom stereocenters. The number of amides is 1. The Morgan fingerprint density at radius 1 is 1.18 bits per heavy atom. The predicted molar refractivity (Wildman–Crippen MR) is 102 cm³/mol. The van der Waals surface area contributed by atoms with Gasteiger partial charge in [-0.3, -0.25) is 4.79 Å². The zero-order valence-corrected chi connectivity index (χ0v) is 16.1. The molecule has 2 N–H and O–H groups in total. The van der Waals surface area contributed by atoms with Crippen LogP contribution in [0.25, 0.3) is 5.69 Å². The van der Waals surface area contributed by atoms with E-state index in [1.807, 2.05) is 0 Å². The fourth-order valence-electron chi connectivity index (χ4n) is 2.69. The number of benzene rings is 2. The van der Waals surface area contributed by atoms with Crippen LogP contribution in [-0.2, 0) is 16.6 Å². The second-order valence-electron chi connectivity index (χ2n) is 6.07. The highest BCUT2D eigenvalue weighted by Gasteiger charge is 2.16. The normalized spacial score (nSPS) is 11.4. The summed E-state index contributed by atoms with van der Waals surface area (Å²) in [6.45, 7) is 1.90. The van der Waals surface area contributed by atoms with Gasteiger partial charge in [0.25, 0.3) is 5.91 Å². The molecule has 1 amide bonds. The van der Waals surface area contributed by atoms with Crippen molar-refractivity contribution in [2.75, 3.05) is 7.05 Å². The molecule has 0 radical (unpaired) electrons. The fraction of sp³-hybridized carbons (Fsp3) is 0.158. The van der Waals surface area contributed by atoms with Crippen molar-refractivity contribution in [3.63, 3.8) is 0 Å². The van der Waals surface area contributed by atoms with Crippen molar-refractivity contribution >= 4 is 15.9 Å². The molecule has 0 spiro atoms. The number of rotatable bonds is 6. The van der Waals surface area contributed by atoms with Gasteiger partial charge < -0.3 is 5.32 Å². The van der Waals surface area contributed by atoms with Crippen molar-refractivity contribution in [3.05, 3.63) is 77.4 Å². The topological polar surface area (TPSA) is 93.1 Å². The van der Waals surface area contributed by atoms with Crippen molar-refractivity contribution in [3.8, 4) is 5.69 Å². The lowest BCUT2D eigenvalue weighted by Gasteiger charge is -2.08. The lowest BCUT2D eigenvalue weighted by atomic mass is 10.2. The number of nitrogens with one attached hydrogen (secondary N) is 2. The monoisotopic (exact) mass is 402 g/mol. The molecule has 1 aromatic heterocycles. The van der Waals surface area contributed by atoms with Crippen LogP contribution in [-0.4, -0.2) is 31.2 Å². The summed E-state index contributed by atoms with van der Waals surface area (Å²) in [6, 6.07) is 12.1. The van der Waals surface area contributed by atoms with Gasteiger partial charge in [0.1, 0.15) is 5.82 Å². The van der Waals surface area contributed by atoms with Crippen LogP contribution in [0.2, 0.25) is 0 Å². The Bertz CT molecular complexity index is 1110. The first kappa shape index (κ1) is 19.7. The van der Waals surface area contributed by atoms with E-state index in [0.29, 0.717) is 22.5 Å². The molecular weight excluding hydrogens is 383 g/mol. The number of hydrogen-bond donors (Lipinski definition) is 2. The molecular formula is C19H19FN4O3S. The SMILES string of the molecule is CNS(=O)(=O)c1cccc(CNC(=O)c2cnn(-c3ccc(F)cc3)c2C)c1. The van der Waals surface area contributed by atoms with Gasteiger partial charge in [-0.1, -0.05) is 12.1 Å². The maximum atomic E-state index is 13.1. The third-order valence-corrected chi connectivity index (χ3v) is 5.67. The first-order valence-electron chi connectivity index (χ1n) is 8.43. The zero-order chi connectivity index (χ0) is 20.3. The summed E-state index contributed by atoms with van der Waals surface area (Å²) in [5.74, 6) is -0.693. The number of aromatic nitrogens is 2. The second kappa shape index (κ2) is 7.91. The van der Waals surface area contributed by atoms with Gasteiger partial charge in [0.15, 0.2) is 0 Å². The summed E-state index contributed by atoms with van der Waals surface area (Å²) < 4.78 is 40.7. The Morgan fingerprint density at radius 2 is 1.89 bits per heavy atom. The van der Waals surface area contributed by atoms with E-state index in [1.54, 1.807) is 35.9 Å². The van der Waals surface area contributed by atoms with Gasteiger partial charge in [0, 0.05) is 6.54 Å². The van der Waals surface area contributed by atoms with E-state index in [9.17, 15) is 17.6 Å². The molecule has 7 nitrogen and oxygen atoms in total. The first-order valence-corrected chi connectivity index (χ1v) is 9.91. The van der Waals surface area contributed by atoms with Crippen LogP contribution in [0, 0.1) is 12.7 Å². The molecule has 0 saturated carbocycles. The lowest BCUT2D eigenvalue weighted by molar-refractivity contribution is 0.0950. The van der Waals surface area contributed by atoms with E-state index in [2.05, 4.69) is 15.1 Å². The Balaban J connectivity index is 1.74. The number of nitrogens with zero attached hydrogens (tertiary/aromatic N) is 2. The lowest BCUT2D eigenvalue weighted by Crippen LogP contribution is -2.24. The molecule has 28 heavy (non-hydrogen) atoms. The summed E-state index contributed by atoms with van der Waals surface area (Å²) in [7, 11) is -2.21. The molecule has 0 unspecified atom stereocenters. The first-order chi connectivity index (χ1) is 13.3. The van der Waals surface area contributed by atoms with Gasteiger partial charge in [-0.15, -0.1) is 0 Å². The van der Waals surface area contributed by atoms with Gasteiger partial charge in [-0.25, -0.2) is 22.2 Å². The molecule has 146 valence electrons. The Kier molecular flexibility index (Phi) is 5.57. The van der Waals surface area contributed by atoms with Crippen molar-refractivity contribution in [2.45, 2.75) is 18.4 Å². The highest BCUT2D eigenvalue weighted by Crippen LogP contribution is 2.15. The van der Waals surface area contributed by atoms with Gasteiger partial charge in [0.05, 0.1) is 28.0 Å². The van der Waals surface area contributed by atoms with Crippen molar-refractivity contribution < 1.29 is 17.6 Å². The van der Waals surface area contributed by atoms with Crippen molar-refractivity contribution in [1.29, 1.82) is 0 Å². The quantitative estimate of drug-likeness (QED) is 0.661. The zero-order valence-electron chi connectivity index (χ0n) is 15.3. The minimum Gasteiger partial charge on any atom is -0.348 e. The second-order valence-corrected chi connectivity index (χ2v) is 7.96. The number of carbonyl (C=O) groups is 1. The maximum Gasteiger partial charge on any atom is 0.255 e. The van der Waals surface area contributed by atoms with Gasteiger partial charge in [-0.2, -0.15) is 5.10 Å². The van der Waals surface area contributed by atoms with Crippen LogP contribution in [0.15, 0.2) is 59.6 Å². The van der Waals surface area contributed by atoms with E-state index in [4.69, 9.17) is 0 Å². The van der Waals surface area contributed by atoms with Crippen LogP contribution in [0.5, 0.6) is 0 Å². The maximum absolute atomic E-state index is 13.1. The highest BCUT2D eigenvalue weighted by molar-refractivity contribution is 7.89. The molecule has 3 rings (SSSR count). The van der Waals surface area contributed by atoms with Crippen molar-refractivity contribution in [1.82, 2.24) is 19.8 Å². The molecule has 3 aromatic rings. The Morgan fingerprint density at radius 3 is 2.57 bits per heavy atom. The summed E-state index contributed by atoms with van der Waals surface area (Å²) >= 11 is 0. The molecule has 2 aromatic carbocycles. The van der Waals surface area contributed by atoms with Crippen LogP contribution >= 0.6 is 0 Å². The summed E-state index contributed by atoms with van der Waals surface area (Å²) in [5.41, 5.74) is 2.27. The predicted octanol–water partition coefficient (Wildman–Crippen LogP) is 2.16. The van der Waals surface area contributed by atoms with E-state index >= 15 is 0 Å². The number of carbonyl (C=O) groups excluding carboxylic acids is 1. The van der Waals surface area contributed by atoms with Gasteiger partial charge in [-0.05, 0) is 55.9 Å². The fourth-order valence-corrected chi connectivity index (χ4v) is 3.49. The van der Waals surface area contributed by atoms with Crippen LogP contribution < -0.4 is 10.0 Å². The van der Waals surface area contributed by atoms with E-state index < -0.39 is 10.0 Å². The number of hydrogen-bond acceptors (Lipinski definition) is 4. The minimum absolute atomic E-state index is 0.127. The van der Waals surface area contributed by atoms with E-state index in [1.165, 1.54) is 37.5 Å². The van der Waals surface area contributed by atoms with Gasteiger partial charge >= 0.3 is 0 Å². The molecule has 0 aliphatic carbocycles. The number of sulfonamides is 1. The minimum atomic E-state index is -3.55. The van der Waals surface area contributed by atoms with Gasteiger partial charge in [0.2, 0.25) is 10.0 Å². The molecule has 0 bridgehead atoms. The molecule has 0 saturated heterocycles. The summed E-state index contributed by atoms with van der Waals surface area (Å²) in [5, 5.41) is 6.95. The highest BCUT2D eigenvalue weighted by atomic mass is 32.2. The van der Waals surface area contributed by atoms with Crippen LogP contribution in [0.1, 0.15) is 21.6 Å². The summed E-state index contributed by atoms with van der Waals surface area (Å²) in [6.07, 6.45) is 1.44. The molecule has 0 fully saturated rings. The summed E-state index contributed by atoms with van der Waals surface area (Å²) in [4.78, 5) is 12.6. The third-order valence-electron chi connectivity index (χ3n) is 4.26.